The van der Waals surface area contributed by atoms with Crippen LogP contribution in [0.2, 0.25) is 0 Å². The van der Waals surface area contributed by atoms with Gasteiger partial charge < -0.3 is 9.64 Å². The number of nitrogens with zero attached hydrogens (tertiary/aromatic N) is 1. The molecule has 0 fully saturated rings. The Hall–Kier alpha value is -1.77. The summed E-state index contributed by atoms with van der Waals surface area (Å²) in [5.41, 5.74) is 2.07. The van der Waals surface area contributed by atoms with Crippen molar-refractivity contribution >= 4 is 12.0 Å². The molecule has 20 heavy (non-hydrogen) atoms. The van der Waals surface area contributed by atoms with E-state index in [4.69, 9.17) is 4.74 Å². The van der Waals surface area contributed by atoms with Crippen molar-refractivity contribution in [1.82, 2.24) is 4.90 Å². The molecule has 0 heterocycles. The third-order valence-corrected chi connectivity index (χ3v) is 3.16. The highest BCUT2D eigenvalue weighted by atomic mass is 16.5. The number of benzene rings is 1. The van der Waals surface area contributed by atoms with E-state index < -0.39 is 0 Å². The fourth-order valence-electron chi connectivity index (χ4n) is 2.34. The van der Waals surface area contributed by atoms with Gasteiger partial charge in [-0.05, 0) is 52.8 Å². The van der Waals surface area contributed by atoms with E-state index in [1.54, 1.807) is 13.2 Å². The highest BCUT2D eigenvalue weighted by molar-refractivity contribution is 5.92. The van der Waals surface area contributed by atoms with Gasteiger partial charge in [-0.3, -0.25) is 4.79 Å². The molecule has 0 aliphatic rings. The van der Waals surface area contributed by atoms with Gasteiger partial charge in [0, 0.05) is 23.7 Å². The lowest BCUT2D eigenvalue weighted by Gasteiger charge is -2.29. The third kappa shape index (κ3) is 4.12. The van der Waals surface area contributed by atoms with Crippen LogP contribution in [0.15, 0.2) is 24.3 Å². The van der Waals surface area contributed by atoms with Crippen molar-refractivity contribution in [2.75, 3.05) is 7.11 Å². The molecule has 1 amide bonds. The lowest BCUT2D eigenvalue weighted by Crippen LogP contribution is -2.41. The molecule has 0 saturated carbocycles. The van der Waals surface area contributed by atoms with Gasteiger partial charge >= 0.3 is 0 Å². The van der Waals surface area contributed by atoms with E-state index in [2.05, 4.69) is 0 Å². The van der Waals surface area contributed by atoms with E-state index >= 15 is 0 Å². The average Bonchev–Trinajstić information content (AvgIpc) is 2.35. The minimum absolute atomic E-state index is 0.0264. The Bertz CT molecular complexity index is 482. The van der Waals surface area contributed by atoms with E-state index in [0.29, 0.717) is 0 Å². The minimum atomic E-state index is 0.0264. The molecule has 0 bridgehead atoms. The topological polar surface area (TPSA) is 29.5 Å². The first kappa shape index (κ1) is 16.3. The Balaban J connectivity index is 2.97. The van der Waals surface area contributed by atoms with Crippen LogP contribution >= 0.6 is 0 Å². The van der Waals surface area contributed by atoms with Gasteiger partial charge in [0.1, 0.15) is 5.75 Å². The van der Waals surface area contributed by atoms with Crippen LogP contribution in [0.1, 0.15) is 38.8 Å². The lowest BCUT2D eigenvalue weighted by atomic mass is 10.1. The van der Waals surface area contributed by atoms with Crippen LogP contribution in [0.25, 0.3) is 6.08 Å². The van der Waals surface area contributed by atoms with E-state index in [0.717, 1.165) is 16.9 Å². The molecule has 1 aromatic carbocycles. The van der Waals surface area contributed by atoms with Crippen molar-refractivity contribution in [3.8, 4) is 5.75 Å². The highest BCUT2D eigenvalue weighted by Gasteiger charge is 2.17. The monoisotopic (exact) mass is 275 g/mol. The number of hydrogen-bond acceptors (Lipinski definition) is 2. The molecule has 0 atom stereocenters. The number of hydrogen-bond donors (Lipinski definition) is 0. The molecule has 0 aromatic heterocycles. The molecule has 0 N–H and O–H groups in total. The highest BCUT2D eigenvalue weighted by Crippen LogP contribution is 2.21. The Morgan fingerprint density at radius 1 is 1.20 bits per heavy atom. The van der Waals surface area contributed by atoms with E-state index in [9.17, 15) is 4.79 Å². The molecule has 1 rings (SSSR count). The molecule has 0 aliphatic carbocycles. The number of methoxy groups -OCH3 is 1. The summed E-state index contributed by atoms with van der Waals surface area (Å²) in [7, 11) is 1.64. The van der Waals surface area contributed by atoms with Crippen LogP contribution in [-0.2, 0) is 4.79 Å². The summed E-state index contributed by atoms with van der Waals surface area (Å²) in [6, 6.07) is 6.30. The van der Waals surface area contributed by atoms with E-state index in [1.807, 2.05) is 63.8 Å². The van der Waals surface area contributed by atoms with E-state index in [1.165, 1.54) is 0 Å². The predicted octanol–water partition coefficient (Wildman–Crippen LogP) is 3.66. The zero-order valence-electron chi connectivity index (χ0n) is 13.3. The quantitative estimate of drug-likeness (QED) is 0.767. The molecule has 0 radical (unpaired) electrons. The first-order chi connectivity index (χ1) is 9.36. The zero-order valence-corrected chi connectivity index (χ0v) is 13.3. The van der Waals surface area contributed by atoms with Gasteiger partial charge in [0.05, 0.1) is 7.11 Å². The molecular weight excluding hydrogens is 250 g/mol. The van der Waals surface area contributed by atoms with Crippen LogP contribution in [0, 0.1) is 6.92 Å². The fraction of sp³-hybridized carbons (Fsp3) is 0.471. The first-order valence-corrected chi connectivity index (χ1v) is 7.01. The zero-order chi connectivity index (χ0) is 15.3. The van der Waals surface area contributed by atoms with E-state index in [-0.39, 0.29) is 18.0 Å². The summed E-state index contributed by atoms with van der Waals surface area (Å²) < 4.78 is 5.31. The number of amides is 1. The summed E-state index contributed by atoms with van der Waals surface area (Å²) in [6.07, 6.45) is 3.45. The predicted molar refractivity (Wildman–Crippen MR) is 83.9 cm³/mol. The number of rotatable bonds is 5. The van der Waals surface area contributed by atoms with Crippen molar-refractivity contribution < 1.29 is 9.53 Å². The number of carbonyl (C=O) groups excluding carboxylic acids is 1. The van der Waals surface area contributed by atoms with Crippen LogP contribution < -0.4 is 4.74 Å². The van der Waals surface area contributed by atoms with Gasteiger partial charge in [-0.15, -0.1) is 0 Å². The molecule has 3 nitrogen and oxygen atoms in total. The molecule has 0 aliphatic heterocycles. The maximum atomic E-state index is 12.3. The van der Waals surface area contributed by atoms with Crippen molar-refractivity contribution in [1.29, 1.82) is 0 Å². The summed E-state index contributed by atoms with van der Waals surface area (Å²) in [5, 5.41) is 0. The summed E-state index contributed by atoms with van der Waals surface area (Å²) in [5.74, 6) is 0.804. The van der Waals surface area contributed by atoms with Gasteiger partial charge in [-0.2, -0.15) is 0 Å². The maximum Gasteiger partial charge on any atom is 0.247 e. The smallest absolute Gasteiger partial charge is 0.247 e. The summed E-state index contributed by atoms with van der Waals surface area (Å²) in [4.78, 5) is 14.1. The maximum absolute atomic E-state index is 12.3. The van der Waals surface area contributed by atoms with Crippen LogP contribution in [0.4, 0.5) is 0 Å². The number of aryl methyl sites for hydroxylation is 1. The standard InChI is InChI=1S/C17H25NO2/c1-12(2)18(13(3)4)17(19)10-8-15-11-14(5)7-9-16(15)20-6/h7-13H,1-6H3/b10-8+. The second-order valence-electron chi connectivity index (χ2n) is 5.51. The Morgan fingerprint density at radius 2 is 1.80 bits per heavy atom. The molecule has 3 heteroatoms. The second kappa shape index (κ2) is 7.13. The second-order valence-corrected chi connectivity index (χ2v) is 5.51. The summed E-state index contributed by atoms with van der Waals surface area (Å²) in [6.45, 7) is 10.1. The van der Waals surface area contributed by atoms with Crippen molar-refractivity contribution in [3.63, 3.8) is 0 Å². The molecular formula is C17H25NO2. The fourth-order valence-corrected chi connectivity index (χ4v) is 2.34. The number of ether oxygens (including phenoxy) is 1. The van der Waals surface area contributed by atoms with Crippen molar-refractivity contribution in [2.24, 2.45) is 0 Å². The van der Waals surface area contributed by atoms with Gasteiger partial charge in [0.25, 0.3) is 0 Å². The first-order valence-electron chi connectivity index (χ1n) is 7.01. The third-order valence-electron chi connectivity index (χ3n) is 3.16. The van der Waals surface area contributed by atoms with Gasteiger partial charge in [0.2, 0.25) is 5.91 Å². The molecule has 0 unspecified atom stereocenters. The molecule has 0 spiro atoms. The molecule has 110 valence electrons. The number of carbonyl (C=O) groups is 1. The van der Waals surface area contributed by atoms with Crippen LogP contribution in [-0.4, -0.2) is 30.0 Å². The normalized spacial score (nSPS) is 11.4. The Kier molecular flexibility index (Phi) is 5.81. The van der Waals surface area contributed by atoms with Gasteiger partial charge in [-0.1, -0.05) is 11.6 Å². The molecule has 0 saturated heterocycles. The lowest BCUT2D eigenvalue weighted by molar-refractivity contribution is -0.129. The SMILES string of the molecule is COc1ccc(C)cc1/C=C/C(=O)N(C(C)C)C(C)C. The van der Waals surface area contributed by atoms with Crippen molar-refractivity contribution in [3.05, 3.63) is 35.4 Å². The van der Waals surface area contributed by atoms with Crippen LogP contribution in [0.3, 0.4) is 0 Å². The minimum Gasteiger partial charge on any atom is -0.496 e. The van der Waals surface area contributed by atoms with Crippen molar-refractivity contribution in [2.45, 2.75) is 46.7 Å². The van der Waals surface area contributed by atoms with Crippen LogP contribution in [0.5, 0.6) is 5.75 Å². The molecule has 1 aromatic rings. The van der Waals surface area contributed by atoms with Gasteiger partial charge in [0.15, 0.2) is 0 Å². The Labute approximate surface area is 122 Å². The summed E-state index contributed by atoms with van der Waals surface area (Å²) >= 11 is 0. The average molecular weight is 275 g/mol. The Morgan fingerprint density at radius 3 is 2.30 bits per heavy atom. The van der Waals surface area contributed by atoms with Gasteiger partial charge in [-0.25, -0.2) is 0 Å². The largest absolute Gasteiger partial charge is 0.496 e.